The summed E-state index contributed by atoms with van der Waals surface area (Å²) in [6, 6.07) is 12.6. The lowest BCUT2D eigenvalue weighted by atomic mass is 9.97. The zero-order chi connectivity index (χ0) is 15.2. The second-order valence-electron chi connectivity index (χ2n) is 4.61. The van der Waals surface area contributed by atoms with E-state index >= 15 is 0 Å². The molecule has 0 radical (unpaired) electrons. The average molecular weight is 346 g/mol. The van der Waals surface area contributed by atoms with E-state index in [1.807, 2.05) is 24.3 Å². The fourth-order valence-corrected chi connectivity index (χ4v) is 2.80. The highest BCUT2D eigenvalue weighted by Crippen LogP contribution is 2.30. The molecule has 0 aliphatic heterocycles. The predicted octanol–water partition coefficient (Wildman–Crippen LogP) is 5.19. The van der Waals surface area contributed by atoms with E-state index in [1.54, 1.807) is 18.2 Å². The van der Waals surface area contributed by atoms with Crippen LogP contribution in [0.25, 0.3) is 0 Å². The van der Waals surface area contributed by atoms with Gasteiger partial charge in [-0.05, 0) is 36.2 Å². The van der Waals surface area contributed by atoms with Crippen LogP contribution in [0, 0.1) is 0 Å². The molecule has 0 fully saturated rings. The minimum Gasteiger partial charge on any atom is -0.492 e. The Morgan fingerprint density at radius 1 is 1.00 bits per heavy atom. The molecule has 0 amide bonds. The van der Waals surface area contributed by atoms with Crippen LogP contribution in [0.4, 0.5) is 0 Å². The molecule has 0 aromatic heterocycles. The Morgan fingerprint density at radius 3 is 2.43 bits per heavy atom. The minimum absolute atomic E-state index is 0.00671. The highest BCUT2D eigenvalue weighted by atomic mass is 35.5. The Hall–Kier alpha value is -0.930. The van der Waals surface area contributed by atoms with Crippen molar-refractivity contribution < 1.29 is 9.84 Å². The zero-order valence-corrected chi connectivity index (χ0v) is 13.5. The maximum Gasteiger partial charge on any atom is 0.137 e. The number of aliphatic hydroxyl groups excluding tert-OH is 1. The molecule has 2 aromatic rings. The highest BCUT2D eigenvalue weighted by molar-refractivity contribution is 6.35. The van der Waals surface area contributed by atoms with Crippen molar-refractivity contribution in [3.05, 3.63) is 63.1 Å². The maximum atomic E-state index is 9.55. The second-order valence-corrected chi connectivity index (χ2v) is 5.86. The smallest absolute Gasteiger partial charge is 0.137 e. The van der Waals surface area contributed by atoms with Crippen LogP contribution in [0.1, 0.15) is 17.9 Å². The van der Waals surface area contributed by atoms with Crippen molar-refractivity contribution in [1.82, 2.24) is 0 Å². The summed E-state index contributed by atoms with van der Waals surface area (Å²) in [6.45, 7) is 0.432. The van der Waals surface area contributed by atoms with Gasteiger partial charge in [0.15, 0.2) is 0 Å². The summed E-state index contributed by atoms with van der Waals surface area (Å²) in [6.07, 6.45) is 0.628. The van der Waals surface area contributed by atoms with E-state index in [9.17, 15) is 5.11 Å². The normalized spacial score (nSPS) is 12.2. The average Bonchev–Trinajstić information content (AvgIpc) is 2.46. The van der Waals surface area contributed by atoms with Crippen molar-refractivity contribution >= 4 is 34.8 Å². The van der Waals surface area contributed by atoms with Gasteiger partial charge in [0.05, 0.1) is 18.2 Å². The first-order valence-electron chi connectivity index (χ1n) is 6.55. The Labute approximate surface area is 139 Å². The maximum absolute atomic E-state index is 9.55. The van der Waals surface area contributed by atoms with E-state index in [2.05, 4.69) is 0 Å². The molecular formula is C16H15Cl3O2. The number of hydrogen-bond donors (Lipinski definition) is 1. The molecule has 2 nitrogen and oxygen atoms in total. The monoisotopic (exact) mass is 344 g/mol. The fourth-order valence-electron chi connectivity index (χ4n) is 2.05. The van der Waals surface area contributed by atoms with Crippen LogP contribution < -0.4 is 4.74 Å². The third-order valence-corrected chi connectivity index (χ3v) is 4.06. The molecule has 21 heavy (non-hydrogen) atoms. The van der Waals surface area contributed by atoms with Crippen LogP contribution in [0.3, 0.4) is 0 Å². The Kier molecular flexibility index (Phi) is 6.19. The van der Waals surface area contributed by atoms with Crippen molar-refractivity contribution in [3.63, 3.8) is 0 Å². The zero-order valence-electron chi connectivity index (χ0n) is 11.2. The summed E-state index contributed by atoms with van der Waals surface area (Å²) in [5, 5.41) is 11.3. The van der Waals surface area contributed by atoms with E-state index in [1.165, 1.54) is 0 Å². The summed E-state index contributed by atoms with van der Waals surface area (Å²) in [4.78, 5) is 0. The van der Waals surface area contributed by atoms with Crippen LogP contribution >= 0.6 is 34.8 Å². The molecule has 2 rings (SSSR count). The lowest BCUT2D eigenvalue weighted by Gasteiger charge is -2.17. The molecule has 0 spiro atoms. The summed E-state index contributed by atoms with van der Waals surface area (Å²) >= 11 is 18.1. The Morgan fingerprint density at radius 2 is 1.76 bits per heavy atom. The van der Waals surface area contributed by atoms with E-state index in [-0.39, 0.29) is 12.5 Å². The fraction of sp³-hybridized carbons (Fsp3) is 0.250. The molecule has 2 aromatic carbocycles. The van der Waals surface area contributed by atoms with Crippen molar-refractivity contribution in [2.75, 3.05) is 13.2 Å². The molecular weight excluding hydrogens is 331 g/mol. The number of halogens is 3. The van der Waals surface area contributed by atoms with Gasteiger partial charge >= 0.3 is 0 Å². The molecule has 112 valence electrons. The van der Waals surface area contributed by atoms with Crippen molar-refractivity contribution in [1.29, 1.82) is 0 Å². The molecule has 0 heterocycles. The van der Waals surface area contributed by atoms with Gasteiger partial charge in [0.1, 0.15) is 5.75 Å². The number of aliphatic hydroxyl groups is 1. The number of rotatable bonds is 6. The molecule has 0 bridgehead atoms. The van der Waals surface area contributed by atoms with E-state index in [4.69, 9.17) is 39.5 Å². The van der Waals surface area contributed by atoms with Crippen LogP contribution in [0.2, 0.25) is 15.1 Å². The number of ether oxygens (including phenoxy) is 1. The molecule has 0 unspecified atom stereocenters. The van der Waals surface area contributed by atoms with Crippen LogP contribution in [-0.4, -0.2) is 18.3 Å². The van der Waals surface area contributed by atoms with Gasteiger partial charge < -0.3 is 9.84 Å². The molecule has 0 aliphatic rings. The molecule has 5 heteroatoms. The van der Waals surface area contributed by atoms with Crippen LogP contribution in [-0.2, 0) is 0 Å². The van der Waals surface area contributed by atoms with Gasteiger partial charge in [-0.1, -0.05) is 53.0 Å². The second kappa shape index (κ2) is 7.90. The molecule has 1 N–H and O–H groups in total. The lowest BCUT2D eigenvalue weighted by molar-refractivity contribution is 0.229. The van der Waals surface area contributed by atoms with Crippen molar-refractivity contribution in [2.45, 2.75) is 12.3 Å². The van der Waals surface area contributed by atoms with Crippen molar-refractivity contribution in [2.24, 2.45) is 0 Å². The lowest BCUT2D eigenvalue weighted by Crippen LogP contribution is -2.10. The van der Waals surface area contributed by atoms with Crippen molar-refractivity contribution in [3.8, 4) is 5.75 Å². The summed E-state index contributed by atoms with van der Waals surface area (Å²) in [5.41, 5.74) is 0.867. The number of hydrogen-bond acceptors (Lipinski definition) is 2. The largest absolute Gasteiger partial charge is 0.492 e. The summed E-state index contributed by atoms with van der Waals surface area (Å²) in [7, 11) is 0. The quantitative estimate of drug-likeness (QED) is 0.780. The standard InChI is InChI=1S/C16H15Cl3O2/c17-12-5-6-13(15(19)9-12)11(10-20)7-8-21-16-4-2-1-3-14(16)18/h1-6,9,11,20H,7-8,10H2/t11-/m0/s1. The molecule has 0 aliphatic carbocycles. The van der Waals surface area contributed by atoms with Crippen LogP contribution in [0.15, 0.2) is 42.5 Å². The summed E-state index contributed by atoms with van der Waals surface area (Å²) < 4.78 is 5.64. The molecule has 0 saturated carbocycles. The first-order chi connectivity index (χ1) is 10.1. The third kappa shape index (κ3) is 4.52. The Bertz CT molecular complexity index is 602. The first kappa shape index (κ1) is 16.4. The highest BCUT2D eigenvalue weighted by Gasteiger charge is 2.14. The third-order valence-electron chi connectivity index (χ3n) is 3.18. The van der Waals surface area contributed by atoms with Gasteiger partial charge in [-0.2, -0.15) is 0 Å². The van der Waals surface area contributed by atoms with Crippen LogP contribution in [0.5, 0.6) is 5.75 Å². The number of benzene rings is 2. The van der Waals surface area contributed by atoms with Gasteiger partial charge in [-0.25, -0.2) is 0 Å². The van der Waals surface area contributed by atoms with E-state index < -0.39 is 0 Å². The van der Waals surface area contributed by atoms with Gasteiger partial charge in [0.25, 0.3) is 0 Å². The number of para-hydroxylation sites is 1. The van der Waals surface area contributed by atoms with Gasteiger partial charge in [0.2, 0.25) is 0 Å². The minimum atomic E-state index is -0.0998. The summed E-state index contributed by atoms with van der Waals surface area (Å²) in [5.74, 6) is 0.537. The first-order valence-corrected chi connectivity index (χ1v) is 7.68. The van der Waals surface area contributed by atoms with E-state index in [0.29, 0.717) is 33.8 Å². The van der Waals surface area contributed by atoms with Gasteiger partial charge in [-0.3, -0.25) is 0 Å². The topological polar surface area (TPSA) is 29.5 Å². The molecule has 1 atom stereocenters. The van der Waals surface area contributed by atoms with Gasteiger partial charge in [0, 0.05) is 16.0 Å². The van der Waals surface area contributed by atoms with Gasteiger partial charge in [-0.15, -0.1) is 0 Å². The van der Waals surface area contributed by atoms with E-state index in [0.717, 1.165) is 5.56 Å². The Balaban J connectivity index is 1.98. The predicted molar refractivity (Wildman–Crippen MR) is 87.9 cm³/mol. The SMILES string of the molecule is OC[C@H](CCOc1ccccc1Cl)c1ccc(Cl)cc1Cl. The molecule has 0 saturated heterocycles.